The topological polar surface area (TPSA) is 53.7 Å². The number of nitrogens with two attached hydrogens (primary N) is 1. The molecule has 0 aliphatic carbocycles. The third-order valence-corrected chi connectivity index (χ3v) is 3.96. The Balaban J connectivity index is 2.30. The molecule has 0 bridgehead atoms. The molecule has 1 atom stereocenters. The van der Waals surface area contributed by atoms with Gasteiger partial charge in [-0.3, -0.25) is 0 Å². The average molecular weight is 333 g/mol. The van der Waals surface area contributed by atoms with Crippen LogP contribution < -0.4 is 19.9 Å². The molecular weight excluding hydrogens is 309 g/mol. The Bertz CT molecular complexity index is 676. The Labute approximate surface area is 142 Å². The van der Waals surface area contributed by atoms with Gasteiger partial charge in [-0.1, -0.05) is 18.2 Å². The van der Waals surface area contributed by atoms with Crippen LogP contribution in [0.3, 0.4) is 0 Å². The molecule has 130 valence electrons. The largest absolute Gasteiger partial charge is 0.494 e. The predicted molar refractivity (Wildman–Crippen MR) is 92.6 cm³/mol. The van der Waals surface area contributed by atoms with Crippen LogP contribution in [0.15, 0.2) is 36.4 Å². The van der Waals surface area contributed by atoms with Crippen molar-refractivity contribution in [1.29, 1.82) is 0 Å². The quantitative estimate of drug-likeness (QED) is 0.803. The molecular formula is C19H24FNO3. The summed E-state index contributed by atoms with van der Waals surface area (Å²) in [4.78, 5) is 0. The number of benzene rings is 2. The number of halogens is 1. The Morgan fingerprint density at radius 2 is 1.88 bits per heavy atom. The summed E-state index contributed by atoms with van der Waals surface area (Å²) in [5.41, 5.74) is 7.75. The Morgan fingerprint density at radius 3 is 2.46 bits per heavy atom. The second kappa shape index (κ2) is 8.55. The molecule has 2 N–H and O–H groups in total. The molecule has 24 heavy (non-hydrogen) atoms. The predicted octanol–water partition coefficient (Wildman–Crippen LogP) is 3.53. The molecule has 2 aromatic carbocycles. The lowest BCUT2D eigenvalue weighted by Crippen LogP contribution is -2.16. The highest BCUT2D eigenvalue weighted by molar-refractivity contribution is 5.47. The van der Waals surface area contributed by atoms with Gasteiger partial charge >= 0.3 is 0 Å². The molecule has 2 aromatic rings. The third kappa shape index (κ3) is 3.97. The van der Waals surface area contributed by atoms with Gasteiger partial charge in [0.05, 0.1) is 20.8 Å². The second-order valence-corrected chi connectivity index (χ2v) is 5.41. The summed E-state index contributed by atoms with van der Waals surface area (Å²) in [6.07, 6.45) is 0.631. The van der Waals surface area contributed by atoms with Gasteiger partial charge in [-0.05, 0) is 49.2 Å². The molecule has 0 aliphatic heterocycles. The minimum atomic E-state index is -0.386. The van der Waals surface area contributed by atoms with Gasteiger partial charge in [-0.15, -0.1) is 0 Å². The Kier molecular flexibility index (Phi) is 6.44. The molecule has 0 radical (unpaired) electrons. The summed E-state index contributed by atoms with van der Waals surface area (Å²) < 4.78 is 30.1. The van der Waals surface area contributed by atoms with Crippen LogP contribution in [-0.2, 0) is 6.42 Å². The smallest absolute Gasteiger partial charge is 0.165 e. The molecule has 4 nitrogen and oxygen atoms in total. The molecule has 2 rings (SSSR count). The average Bonchev–Trinajstić information content (AvgIpc) is 2.60. The molecule has 0 spiro atoms. The van der Waals surface area contributed by atoms with Crippen molar-refractivity contribution in [2.24, 2.45) is 5.73 Å². The zero-order valence-corrected chi connectivity index (χ0v) is 14.3. The van der Waals surface area contributed by atoms with E-state index in [1.165, 1.54) is 13.2 Å². The molecule has 0 aliphatic rings. The van der Waals surface area contributed by atoms with Crippen molar-refractivity contribution >= 4 is 0 Å². The summed E-state index contributed by atoms with van der Waals surface area (Å²) in [6.45, 7) is 2.88. The lowest BCUT2D eigenvalue weighted by molar-refractivity contribution is 0.309. The van der Waals surface area contributed by atoms with Crippen LogP contribution in [0, 0.1) is 5.82 Å². The van der Waals surface area contributed by atoms with E-state index in [1.54, 1.807) is 13.2 Å². The summed E-state index contributed by atoms with van der Waals surface area (Å²) in [6, 6.07) is 10.7. The standard InChI is InChI=1S/C19H24FNO3/c1-4-24-18-7-5-6-14(19(18)23-3)10-15(12-21)13-8-9-17(22-2)16(20)11-13/h5-9,11,15H,4,10,12,21H2,1-3H3. The van der Waals surface area contributed by atoms with Crippen molar-refractivity contribution in [2.45, 2.75) is 19.3 Å². The number of methoxy groups -OCH3 is 2. The minimum Gasteiger partial charge on any atom is -0.494 e. The van der Waals surface area contributed by atoms with E-state index >= 15 is 0 Å². The molecule has 1 unspecified atom stereocenters. The monoisotopic (exact) mass is 333 g/mol. The zero-order valence-electron chi connectivity index (χ0n) is 14.3. The van der Waals surface area contributed by atoms with Gasteiger partial charge in [-0.25, -0.2) is 4.39 Å². The fourth-order valence-corrected chi connectivity index (χ4v) is 2.76. The lowest BCUT2D eigenvalue weighted by Gasteiger charge is -2.19. The number of ether oxygens (including phenoxy) is 3. The fourth-order valence-electron chi connectivity index (χ4n) is 2.76. The van der Waals surface area contributed by atoms with Gasteiger partial charge in [0.25, 0.3) is 0 Å². The third-order valence-electron chi connectivity index (χ3n) is 3.96. The van der Waals surface area contributed by atoms with Gasteiger partial charge in [-0.2, -0.15) is 0 Å². The van der Waals surface area contributed by atoms with Crippen LogP contribution in [0.5, 0.6) is 17.2 Å². The van der Waals surface area contributed by atoms with E-state index in [2.05, 4.69) is 0 Å². The number of hydrogen-bond acceptors (Lipinski definition) is 4. The van der Waals surface area contributed by atoms with Crippen LogP contribution >= 0.6 is 0 Å². The first-order valence-corrected chi connectivity index (χ1v) is 7.96. The SMILES string of the molecule is CCOc1cccc(CC(CN)c2ccc(OC)c(F)c2)c1OC. The first-order chi connectivity index (χ1) is 11.6. The molecule has 0 saturated heterocycles. The summed E-state index contributed by atoms with van der Waals surface area (Å²) in [7, 11) is 3.06. The highest BCUT2D eigenvalue weighted by Gasteiger charge is 2.17. The molecule has 0 heterocycles. The van der Waals surface area contributed by atoms with Gasteiger partial charge in [0.15, 0.2) is 23.1 Å². The Hall–Kier alpha value is -2.27. The van der Waals surface area contributed by atoms with Crippen LogP contribution in [0.2, 0.25) is 0 Å². The number of rotatable bonds is 8. The summed E-state index contributed by atoms with van der Waals surface area (Å²) >= 11 is 0. The van der Waals surface area contributed by atoms with E-state index in [0.717, 1.165) is 11.1 Å². The summed E-state index contributed by atoms with van der Waals surface area (Å²) in [5.74, 6) is 1.21. The van der Waals surface area contributed by atoms with E-state index in [1.807, 2.05) is 31.2 Å². The zero-order chi connectivity index (χ0) is 17.5. The summed E-state index contributed by atoms with van der Waals surface area (Å²) in [5, 5.41) is 0. The first-order valence-electron chi connectivity index (χ1n) is 7.96. The van der Waals surface area contributed by atoms with Gasteiger partial charge in [0.1, 0.15) is 0 Å². The van der Waals surface area contributed by atoms with Crippen molar-refractivity contribution in [2.75, 3.05) is 27.4 Å². The van der Waals surface area contributed by atoms with Crippen molar-refractivity contribution in [3.05, 3.63) is 53.3 Å². The minimum absolute atomic E-state index is 0.0313. The van der Waals surface area contributed by atoms with Crippen LogP contribution in [0.1, 0.15) is 24.0 Å². The highest BCUT2D eigenvalue weighted by Crippen LogP contribution is 2.34. The Morgan fingerprint density at radius 1 is 1.08 bits per heavy atom. The fraction of sp³-hybridized carbons (Fsp3) is 0.368. The maximum absolute atomic E-state index is 14.0. The van der Waals surface area contributed by atoms with Gasteiger partial charge in [0, 0.05) is 5.92 Å². The van der Waals surface area contributed by atoms with Gasteiger partial charge in [0.2, 0.25) is 0 Å². The van der Waals surface area contributed by atoms with Crippen molar-refractivity contribution in [3.8, 4) is 17.2 Å². The van der Waals surface area contributed by atoms with E-state index in [-0.39, 0.29) is 17.5 Å². The van der Waals surface area contributed by atoms with Crippen LogP contribution in [0.25, 0.3) is 0 Å². The van der Waals surface area contributed by atoms with Crippen molar-refractivity contribution in [1.82, 2.24) is 0 Å². The van der Waals surface area contributed by atoms with E-state index < -0.39 is 0 Å². The van der Waals surface area contributed by atoms with Crippen LogP contribution in [-0.4, -0.2) is 27.4 Å². The first kappa shape index (κ1) is 18.1. The van der Waals surface area contributed by atoms with Crippen molar-refractivity contribution in [3.63, 3.8) is 0 Å². The van der Waals surface area contributed by atoms with Gasteiger partial charge < -0.3 is 19.9 Å². The van der Waals surface area contributed by atoms with Crippen LogP contribution in [0.4, 0.5) is 4.39 Å². The van der Waals surface area contributed by atoms with E-state index in [4.69, 9.17) is 19.9 Å². The van der Waals surface area contributed by atoms with E-state index in [0.29, 0.717) is 31.1 Å². The second-order valence-electron chi connectivity index (χ2n) is 5.41. The molecule has 0 fully saturated rings. The number of hydrogen-bond donors (Lipinski definition) is 1. The maximum atomic E-state index is 14.0. The molecule has 5 heteroatoms. The lowest BCUT2D eigenvalue weighted by atomic mass is 9.91. The molecule has 0 saturated carbocycles. The highest BCUT2D eigenvalue weighted by atomic mass is 19.1. The van der Waals surface area contributed by atoms with Crippen molar-refractivity contribution < 1.29 is 18.6 Å². The normalized spacial score (nSPS) is 11.9. The maximum Gasteiger partial charge on any atom is 0.165 e. The number of para-hydroxylation sites is 1. The molecule has 0 amide bonds. The van der Waals surface area contributed by atoms with E-state index in [9.17, 15) is 4.39 Å². The molecule has 0 aromatic heterocycles.